The fourth-order valence-corrected chi connectivity index (χ4v) is 1.79. The summed E-state index contributed by atoms with van der Waals surface area (Å²) in [5.74, 6) is 0.404. The van der Waals surface area contributed by atoms with E-state index in [4.69, 9.17) is 5.73 Å². The molecule has 3 heteroatoms. The number of aryl methyl sites for hydroxylation is 1. The van der Waals surface area contributed by atoms with E-state index in [1.807, 2.05) is 36.4 Å². The van der Waals surface area contributed by atoms with Crippen LogP contribution >= 0.6 is 12.4 Å². The van der Waals surface area contributed by atoms with Crippen molar-refractivity contribution in [3.63, 3.8) is 0 Å². The lowest BCUT2D eigenvalue weighted by Crippen LogP contribution is -2.00. The van der Waals surface area contributed by atoms with E-state index in [-0.39, 0.29) is 12.4 Å². The Bertz CT molecular complexity index is 470. The van der Waals surface area contributed by atoms with E-state index in [9.17, 15) is 5.11 Å². The Kier molecular flexibility index (Phi) is 4.59. The minimum Gasteiger partial charge on any atom is -0.507 e. The molecule has 0 aromatic heterocycles. The minimum atomic E-state index is 0. The molecule has 3 N–H and O–H groups in total. The summed E-state index contributed by atoms with van der Waals surface area (Å²) in [4.78, 5) is 0. The zero-order valence-corrected chi connectivity index (χ0v) is 9.83. The smallest absolute Gasteiger partial charge is 0.126 e. The van der Waals surface area contributed by atoms with E-state index in [1.54, 1.807) is 0 Å². The molecule has 0 aliphatic carbocycles. The van der Waals surface area contributed by atoms with Gasteiger partial charge in [0, 0.05) is 5.39 Å². The van der Waals surface area contributed by atoms with E-state index in [0.29, 0.717) is 12.3 Å². The predicted molar refractivity (Wildman–Crippen MR) is 70.2 cm³/mol. The highest BCUT2D eigenvalue weighted by atomic mass is 35.5. The highest BCUT2D eigenvalue weighted by molar-refractivity contribution is 5.89. The summed E-state index contributed by atoms with van der Waals surface area (Å²) in [6.07, 6.45) is 1.75. The monoisotopic (exact) mass is 237 g/mol. The van der Waals surface area contributed by atoms with Crippen LogP contribution in [0.5, 0.6) is 5.75 Å². The summed E-state index contributed by atoms with van der Waals surface area (Å²) in [7, 11) is 0. The molecule has 2 rings (SSSR count). The molecule has 0 atom stereocenters. The Morgan fingerprint density at radius 3 is 2.56 bits per heavy atom. The largest absolute Gasteiger partial charge is 0.507 e. The molecule has 16 heavy (non-hydrogen) atoms. The lowest BCUT2D eigenvalue weighted by Gasteiger charge is -2.07. The molecule has 0 saturated heterocycles. The first kappa shape index (κ1) is 12.8. The van der Waals surface area contributed by atoms with Crippen LogP contribution in [0.15, 0.2) is 36.4 Å². The Hall–Kier alpha value is -1.25. The number of fused-ring (bicyclic) bond motifs is 1. The van der Waals surface area contributed by atoms with Crippen LogP contribution in [-0.4, -0.2) is 11.7 Å². The van der Waals surface area contributed by atoms with Crippen molar-refractivity contribution in [2.75, 3.05) is 6.54 Å². The summed E-state index contributed by atoms with van der Waals surface area (Å²) < 4.78 is 0. The van der Waals surface area contributed by atoms with Gasteiger partial charge >= 0.3 is 0 Å². The number of hydrogen-bond acceptors (Lipinski definition) is 2. The number of aromatic hydroxyl groups is 1. The lowest BCUT2D eigenvalue weighted by molar-refractivity contribution is 0.474. The maximum absolute atomic E-state index is 10.0. The Balaban J connectivity index is 0.00000128. The van der Waals surface area contributed by atoms with Crippen molar-refractivity contribution in [3.05, 3.63) is 42.0 Å². The number of halogens is 1. The van der Waals surface area contributed by atoms with Gasteiger partial charge in [-0.05, 0) is 30.3 Å². The van der Waals surface area contributed by atoms with E-state index in [1.165, 1.54) is 0 Å². The Labute approximate surface area is 101 Å². The zero-order chi connectivity index (χ0) is 10.7. The van der Waals surface area contributed by atoms with E-state index in [0.717, 1.165) is 29.2 Å². The van der Waals surface area contributed by atoms with E-state index in [2.05, 4.69) is 0 Å². The molecular formula is C13H16ClNO. The quantitative estimate of drug-likeness (QED) is 0.862. The molecule has 0 bridgehead atoms. The molecule has 0 spiro atoms. The number of nitrogens with two attached hydrogens (primary N) is 1. The van der Waals surface area contributed by atoms with Crippen LogP contribution < -0.4 is 5.73 Å². The molecule has 86 valence electrons. The van der Waals surface area contributed by atoms with Gasteiger partial charge in [0.15, 0.2) is 0 Å². The second-order valence-corrected chi connectivity index (χ2v) is 3.69. The summed E-state index contributed by atoms with van der Waals surface area (Å²) in [5, 5.41) is 12.0. The number of hydrogen-bond donors (Lipinski definition) is 2. The van der Waals surface area contributed by atoms with Gasteiger partial charge in [0.2, 0.25) is 0 Å². The molecule has 0 aliphatic heterocycles. The van der Waals surface area contributed by atoms with Gasteiger partial charge in [-0.15, -0.1) is 12.4 Å². The fourth-order valence-electron chi connectivity index (χ4n) is 1.79. The van der Waals surface area contributed by atoms with Crippen molar-refractivity contribution in [2.45, 2.75) is 12.8 Å². The van der Waals surface area contributed by atoms with Crippen molar-refractivity contribution < 1.29 is 5.11 Å². The predicted octanol–water partition coefficient (Wildman–Crippen LogP) is 2.86. The van der Waals surface area contributed by atoms with Gasteiger partial charge in [0.1, 0.15) is 5.75 Å². The molecule has 0 amide bonds. The van der Waals surface area contributed by atoms with Crippen LogP contribution in [0.1, 0.15) is 12.0 Å². The number of benzene rings is 2. The van der Waals surface area contributed by atoms with Crippen LogP contribution in [0.2, 0.25) is 0 Å². The number of phenolic OH excluding ortho intramolecular Hbond substituents is 1. The van der Waals surface area contributed by atoms with Crippen molar-refractivity contribution >= 4 is 23.2 Å². The highest BCUT2D eigenvalue weighted by Gasteiger charge is 2.04. The third-order valence-corrected chi connectivity index (χ3v) is 2.63. The molecule has 0 radical (unpaired) electrons. The fraction of sp³-hybridized carbons (Fsp3) is 0.231. The lowest BCUT2D eigenvalue weighted by atomic mass is 10.0. The maximum Gasteiger partial charge on any atom is 0.126 e. The molecule has 0 fully saturated rings. The first-order chi connectivity index (χ1) is 7.33. The van der Waals surface area contributed by atoms with Gasteiger partial charge in [-0.25, -0.2) is 0 Å². The van der Waals surface area contributed by atoms with Crippen LogP contribution in [0.3, 0.4) is 0 Å². The second kappa shape index (κ2) is 5.73. The van der Waals surface area contributed by atoms with E-state index >= 15 is 0 Å². The highest BCUT2D eigenvalue weighted by Crippen LogP contribution is 2.29. The first-order valence-electron chi connectivity index (χ1n) is 5.22. The molecule has 0 saturated carbocycles. The summed E-state index contributed by atoms with van der Waals surface area (Å²) in [6, 6.07) is 11.9. The average molecular weight is 238 g/mol. The van der Waals surface area contributed by atoms with Gasteiger partial charge in [0.05, 0.1) is 0 Å². The molecule has 2 nitrogen and oxygen atoms in total. The standard InChI is InChI=1S/C13H15NO.ClH/c14-9-3-5-11-8-7-10-4-1-2-6-12(10)13(11)15;/h1-2,4,6-8,15H,3,5,9,14H2;1H. The Morgan fingerprint density at radius 2 is 1.81 bits per heavy atom. The van der Waals surface area contributed by atoms with Gasteiger partial charge in [0.25, 0.3) is 0 Å². The normalized spacial score (nSPS) is 10.1. The SMILES string of the molecule is Cl.NCCCc1ccc2ccccc2c1O. The van der Waals surface area contributed by atoms with Crippen LogP contribution in [0.4, 0.5) is 0 Å². The molecule has 0 unspecified atom stereocenters. The van der Waals surface area contributed by atoms with Gasteiger partial charge in [-0.2, -0.15) is 0 Å². The third kappa shape index (κ3) is 2.46. The van der Waals surface area contributed by atoms with Crippen LogP contribution in [-0.2, 0) is 6.42 Å². The van der Waals surface area contributed by atoms with Crippen LogP contribution in [0, 0.1) is 0 Å². The van der Waals surface area contributed by atoms with Crippen molar-refractivity contribution in [1.82, 2.24) is 0 Å². The van der Waals surface area contributed by atoms with Gasteiger partial charge in [-0.1, -0.05) is 36.4 Å². The number of phenols is 1. The Morgan fingerprint density at radius 1 is 1.06 bits per heavy atom. The summed E-state index contributed by atoms with van der Waals surface area (Å²) in [5.41, 5.74) is 6.44. The molecule has 0 heterocycles. The molecule has 0 aliphatic rings. The summed E-state index contributed by atoms with van der Waals surface area (Å²) >= 11 is 0. The summed E-state index contributed by atoms with van der Waals surface area (Å²) in [6.45, 7) is 0.659. The molecule has 2 aromatic carbocycles. The first-order valence-corrected chi connectivity index (χ1v) is 5.22. The molecule has 2 aromatic rings. The van der Waals surface area contributed by atoms with E-state index < -0.39 is 0 Å². The molecular weight excluding hydrogens is 222 g/mol. The van der Waals surface area contributed by atoms with Crippen LogP contribution in [0.25, 0.3) is 10.8 Å². The zero-order valence-electron chi connectivity index (χ0n) is 9.02. The third-order valence-electron chi connectivity index (χ3n) is 2.63. The number of rotatable bonds is 3. The van der Waals surface area contributed by atoms with Crippen molar-refractivity contribution in [1.29, 1.82) is 0 Å². The maximum atomic E-state index is 10.0. The van der Waals surface area contributed by atoms with Crippen molar-refractivity contribution in [3.8, 4) is 5.75 Å². The van der Waals surface area contributed by atoms with Crippen molar-refractivity contribution in [2.24, 2.45) is 5.73 Å². The van der Waals surface area contributed by atoms with Gasteiger partial charge < -0.3 is 10.8 Å². The topological polar surface area (TPSA) is 46.2 Å². The average Bonchev–Trinajstić information content (AvgIpc) is 2.29. The van der Waals surface area contributed by atoms with Gasteiger partial charge in [-0.3, -0.25) is 0 Å². The second-order valence-electron chi connectivity index (χ2n) is 3.69. The minimum absolute atomic E-state index is 0.